The average molecular weight is 310 g/mol. The predicted molar refractivity (Wildman–Crippen MR) is 71.9 cm³/mol. The number of rotatable bonds is 4. The summed E-state index contributed by atoms with van der Waals surface area (Å²) in [5.41, 5.74) is 1.66. The fourth-order valence-electron chi connectivity index (χ4n) is 1.71. The maximum Gasteiger partial charge on any atom is 0.372 e. The molecule has 4 nitrogen and oxygen atoms in total. The number of carboxylic acid groups (broad SMARTS) is 1. The highest BCUT2D eigenvalue weighted by Gasteiger charge is 2.15. The SMILES string of the molecule is CN(Cc1ccoc1C(=O)O)c1cccc(Br)c1. The highest BCUT2D eigenvalue weighted by atomic mass is 79.9. The molecule has 1 N–H and O–H groups in total. The van der Waals surface area contributed by atoms with Crippen LogP contribution in [0.25, 0.3) is 0 Å². The summed E-state index contributed by atoms with van der Waals surface area (Å²) in [4.78, 5) is 12.9. The zero-order valence-electron chi connectivity index (χ0n) is 9.76. The Kier molecular flexibility index (Phi) is 3.72. The summed E-state index contributed by atoms with van der Waals surface area (Å²) < 4.78 is 5.93. The lowest BCUT2D eigenvalue weighted by molar-refractivity contribution is 0.0661. The summed E-state index contributed by atoms with van der Waals surface area (Å²) in [7, 11) is 1.90. The van der Waals surface area contributed by atoms with Gasteiger partial charge in [-0.25, -0.2) is 4.79 Å². The first-order valence-electron chi connectivity index (χ1n) is 5.34. The summed E-state index contributed by atoms with van der Waals surface area (Å²) >= 11 is 3.41. The molecular weight excluding hydrogens is 298 g/mol. The number of furan rings is 1. The third-order valence-corrected chi connectivity index (χ3v) is 3.09. The summed E-state index contributed by atoms with van der Waals surface area (Å²) in [6, 6.07) is 9.49. The number of hydrogen-bond donors (Lipinski definition) is 1. The minimum Gasteiger partial charge on any atom is -0.475 e. The number of carboxylic acids is 1. The molecule has 2 rings (SSSR count). The first kappa shape index (κ1) is 12.7. The fourth-order valence-corrected chi connectivity index (χ4v) is 2.10. The predicted octanol–water partition coefficient (Wildman–Crippen LogP) is 3.38. The van der Waals surface area contributed by atoms with Crippen molar-refractivity contribution in [2.45, 2.75) is 6.54 Å². The molecule has 0 unspecified atom stereocenters. The van der Waals surface area contributed by atoms with Crippen LogP contribution in [0.15, 0.2) is 45.5 Å². The summed E-state index contributed by atoms with van der Waals surface area (Å²) in [5.74, 6) is -1.05. The van der Waals surface area contributed by atoms with Crippen molar-refractivity contribution in [3.63, 3.8) is 0 Å². The molecule has 0 fully saturated rings. The molecular formula is C13H12BrNO3. The molecule has 0 saturated carbocycles. The van der Waals surface area contributed by atoms with Gasteiger partial charge in [0.15, 0.2) is 0 Å². The summed E-state index contributed by atoms with van der Waals surface area (Å²) in [6.07, 6.45) is 1.40. The second kappa shape index (κ2) is 5.27. The van der Waals surface area contributed by atoms with E-state index in [9.17, 15) is 4.79 Å². The van der Waals surface area contributed by atoms with Gasteiger partial charge >= 0.3 is 5.97 Å². The van der Waals surface area contributed by atoms with Gasteiger partial charge in [0.2, 0.25) is 5.76 Å². The molecule has 0 atom stereocenters. The molecule has 0 aliphatic carbocycles. The van der Waals surface area contributed by atoms with E-state index in [4.69, 9.17) is 9.52 Å². The van der Waals surface area contributed by atoms with Crippen molar-refractivity contribution < 1.29 is 14.3 Å². The van der Waals surface area contributed by atoms with Crippen LogP contribution in [-0.2, 0) is 6.54 Å². The van der Waals surface area contributed by atoms with Crippen molar-refractivity contribution in [1.29, 1.82) is 0 Å². The van der Waals surface area contributed by atoms with E-state index < -0.39 is 5.97 Å². The van der Waals surface area contributed by atoms with Crippen LogP contribution in [0.2, 0.25) is 0 Å². The first-order chi connectivity index (χ1) is 8.58. The van der Waals surface area contributed by atoms with E-state index in [1.165, 1.54) is 6.26 Å². The Balaban J connectivity index is 2.18. The molecule has 0 aliphatic heterocycles. The Labute approximate surface area is 113 Å². The maximum atomic E-state index is 10.9. The minimum atomic E-state index is -1.04. The molecule has 5 heteroatoms. The van der Waals surface area contributed by atoms with Gasteiger partial charge in [-0.3, -0.25) is 0 Å². The molecule has 2 aromatic rings. The number of hydrogen-bond acceptors (Lipinski definition) is 3. The lowest BCUT2D eigenvalue weighted by Gasteiger charge is -2.19. The maximum absolute atomic E-state index is 10.9. The van der Waals surface area contributed by atoms with Crippen molar-refractivity contribution >= 4 is 27.6 Å². The van der Waals surface area contributed by atoms with Crippen LogP contribution in [0, 0.1) is 0 Å². The van der Waals surface area contributed by atoms with Crippen LogP contribution in [0.4, 0.5) is 5.69 Å². The Morgan fingerprint density at radius 3 is 2.89 bits per heavy atom. The number of halogens is 1. The van der Waals surface area contributed by atoms with E-state index in [-0.39, 0.29) is 5.76 Å². The third-order valence-electron chi connectivity index (χ3n) is 2.60. The molecule has 18 heavy (non-hydrogen) atoms. The number of nitrogens with zero attached hydrogens (tertiary/aromatic N) is 1. The normalized spacial score (nSPS) is 10.3. The average Bonchev–Trinajstić information content (AvgIpc) is 2.77. The van der Waals surface area contributed by atoms with Gasteiger partial charge in [0, 0.05) is 29.3 Å². The van der Waals surface area contributed by atoms with E-state index >= 15 is 0 Å². The number of carbonyl (C=O) groups is 1. The largest absolute Gasteiger partial charge is 0.475 e. The number of anilines is 1. The molecule has 0 bridgehead atoms. The van der Waals surface area contributed by atoms with Gasteiger partial charge in [-0.1, -0.05) is 22.0 Å². The van der Waals surface area contributed by atoms with Crippen molar-refractivity contribution in [2.75, 3.05) is 11.9 Å². The molecule has 1 aromatic heterocycles. The highest BCUT2D eigenvalue weighted by Crippen LogP contribution is 2.21. The Bertz CT molecular complexity index is 565. The third kappa shape index (κ3) is 2.73. The van der Waals surface area contributed by atoms with Crippen LogP contribution >= 0.6 is 15.9 Å². The van der Waals surface area contributed by atoms with Crippen molar-refractivity contribution in [3.05, 3.63) is 52.4 Å². The monoisotopic (exact) mass is 309 g/mol. The minimum absolute atomic E-state index is 0.00292. The topological polar surface area (TPSA) is 53.7 Å². The van der Waals surface area contributed by atoms with E-state index in [2.05, 4.69) is 15.9 Å². The second-order valence-electron chi connectivity index (χ2n) is 3.92. The van der Waals surface area contributed by atoms with Crippen molar-refractivity contribution in [1.82, 2.24) is 0 Å². The zero-order valence-corrected chi connectivity index (χ0v) is 11.3. The standard InChI is InChI=1S/C13H12BrNO3/c1-15(11-4-2-3-10(14)7-11)8-9-5-6-18-12(9)13(16)17/h2-7H,8H2,1H3,(H,16,17). The smallest absolute Gasteiger partial charge is 0.372 e. The zero-order chi connectivity index (χ0) is 13.1. The number of aromatic carboxylic acids is 1. The van der Waals surface area contributed by atoms with Gasteiger partial charge in [-0.2, -0.15) is 0 Å². The molecule has 0 radical (unpaired) electrons. The molecule has 1 heterocycles. The fraction of sp³-hybridized carbons (Fsp3) is 0.154. The van der Waals surface area contributed by atoms with Crippen LogP contribution in [0.1, 0.15) is 16.1 Å². The highest BCUT2D eigenvalue weighted by molar-refractivity contribution is 9.10. The molecule has 1 aromatic carbocycles. The first-order valence-corrected chi connectivity index (χ1v) is 6.13. The van der Waals surface area contributed by atoms with Gasteiger partial charge in [0.05, 0.1) is 6.26 Å². The Hall–Kier alpha value is -1.75. The molecule has 0 amide bonds. The Morgan fingerprint density at radius 1 is 1.44 bits per heavy atom. The van der Waals surface area contributed by atoms with E-state index in [1.807, 2.05) is 36.2 Å². The van der Waals surface area contributed by atoms with Crippen molar-refractivity contribution in [3.8, 4) is 0 Å². The van der Waals surface area contributed by atoms with Gasteiger partial charge in [-0.15, -0.1) is 0 Å². The van der Waals surface area contributed by atoms with Gasteiger partial charge in [-0.05, 0) is 24.3 Å². The van der Waals surface area contributed by atoms with Crippen LogP contribution in [0.3, 0.4) is 0 Å². The van der Waals surface area contributed by atoms with Crippen molar-refractivity contribution in [2.24, 2.45) is 0 Å². The summed E-state index contributed by atoms with van der Waals surface area (Å²) in [6.45, 7) is 0.481. The quantitative estimate of drug-likeness (QED) is 0.940. The Morgan fingerprint density at radius 2 is 2.22 bits per heavy atom. The van der Waals surface area contributed by atoms with Crippen LogP contribution < -0.4 is 4.90 Å². The van der Waals surface area contributed by atoms with Gasteiger partial charge < -0.3 is 14.4 Å². The summed E-state index contributed by atoms with van der Waals surface area (Å²) in [5, 5.41) is 8.96. The van der Waals surface area contributed by atoms with Gasteiger partial charge in [0.25, 0.3) is 0 Å². The molecule has 94 valence electrons. The van der Waals surface area contributed by atoms with E-state index in [0.717, 1.165) is 10.2 Å². The molecule has 0 aliphatic rings. The van der Waals surface area contributed by atoms with Crippen LogP contribution in [0.5, 0.6) is 0 Å². The van der Waals surface area contributed by atoms with Gasteiger partial charge in [0.1, 0.15) is 0 Å². The van der Waals surface area contributed by atoms with E-state index in [1.54, 1.807) is 6.07 Å². The lowest BCUT2D eigenvalue weighted by Crippen LogP contribution is -2.17. The van der Waals surface area contributed by atoms with E-state index in [0.29, 0.717) is 12.1 Å². The molecule has 0 saturated heterocycles. The number of benzene rings is 1. The lowest BCUT2D eigenvalue weighted by atomic mass is 10.2. The van der Waals surface area contributed by atoms with Crippen LogP contribution in [-0.4, -0.2) is 18.1 Å². The molecule has 0 spiro atoms. The second-order valence-corrected chi connectivity index (χ2v) is 4.83.